The van der Waals surface area contributed by atoms with Crippen LogP contribution >= 0.6 is 0 Å². The fourth-order valence-electron chi connectivity index (χ4n) is 4.31. The number of carbonyl (C=O) groups is 1. The van der Waals surface area contributed by atoms with Gasteiger partial charge in [0.2, 0.25) is 15.9 Å². The second-order valence-electron chi connectivity index (χ2n) is 8.85. The second kappa shape index (κ2) is 10.5. The molecule has 1 fully saturated rings. The number of hydrogen-bond acceptors (Lipinski definition) is 4. The van der Waals surface area contributed by atoms with Crippen molar-refractivity contribution in [2.24, 2.45) is 0 Å². The van der Waals surface area contributed by atoms with Gasteiger partial charge in [-0.05, 0) is 75.0 Å². The standard InChI is InChI=1S/C25H35N3O3S/c1-19-12-13-20(2)24(16-19)28(32(4,30)31)21(3)25(29)26-17-22-10-6-7-11-23(22)18-27-14-8-5-9-15-27/h6-7,10-13,16,21H,5,8-9,14-15,17-18H2,1-4H3,(H,26,29)/t21-/m0/s1. The number of anilines is 1. The Kier molecular flexibility index (Phi) is 7.96. The number of hydrogen-bond donors (Lipinski definition) is 1. The molecule has 1 aliphatic heterocycles. The number of nitrogens with one attached hydrogen (secondary N) is 1. The van der Waals surface area contributed by atoms with E-state index >= 15 is 0 Å². The van der Waals surface area contributed by atoms with Crippen LogP contribution in [0.15, 0.2) is 42.5 Å². The van der Waals surface area contributed by atoms with Gasteiger partial charge in [-0.25, -0.2) is 8.42 Å². The van der Waals surface area contributed by atoms with Crippen molar-refractivity contribution in [3.8, 4) is 0 Å². The first-order valence-corrected chi connectivity index (χ1v) is 13.1. The first-order chi connectivity index (χ1) is 15.2. The highest BCUT2D eigenvalue weighted by Crippen LogP contribution is 2.26. The minimum atomic E-state index is -3.65. The Bertz CT molecular complexity index is 1050. The highest BCUT2D eigenvalue weighted by Gasteiger charge is 2.30. The first kappa shape index (κ1) is 24.3. The molecule has 2 aromatic carbocycles. The van der Waals surface area contributed by atoms with E-state index in [1.165, 1.54) is 29.1 Å². The van der Waals surface area contributed by atoms with E-state index in [4.69, 9.17) is 0 Å². The van der Waals surface area contributed by atoms with Crippen LogP contribution in [0.25, 0.3) is 0 Å². The van der Waals surface area contributed by atoms with Crippen LogP contribution < -0.4 is 9.62 Å². The van der Waals surface area contributed by atoms with E-state index in [0.29, 0.717) is 12.2 Å². The minimum absolute atomic E-state index is 0.316. The molecule has 6 nitrogen and oxygen atoms in total. The van der Waals surface area contributed by atoms with Crippen LogP contribution in [-0.4, -0.2) is 44.6 Å². The molecular formula is C25H35N3O3S. The van der Waals surface area contributed by atoms with E-state index in [0.717, 1.165) is 42.6 Å². The van der Waals surface area contributed by atoms with Crippen LogP contribution in [-0.2, 0) is 27.9 Å². The molecule has 0 spiro atoms. The molecule has 1 saturated heterocycles. The van der Waals surface area contributed by atoms with Crippen LogP contribution in [0.2, 0.25) is 0 Å². The lowest BCUT2D eigenvalue weighted by molar-refractivity contribution is -0.122. The Labute approximate surface area is 192 Å². The predicted molar refractivity (Wildman–Crippen MR) is 130 cm³/mol. The average molecular weight is 458 g/mol. The zero-order valence-corrected chi connectivity index (χ0v) is 20.4. The number of sulfonamides is 1. The maximum Gasteiger partial charge on any atom is 0.243 e. The van der Waals surface area contributed by atoms with Gasteiger partial charge in [0.05, 0.1) is 11.9 Å². The van der Waals surface area contributed by atoms with Crippen molar-refractivity contribution in [2.75, 3.05) is 23.7 Å². The normalized spacial score (nSPS) is 15.9. The van der Waals surface area contributed by atoms with E-state index in [1.54, 1.807) is 6.92 Å². The maximum atomic E-state index is 13.0. The van der Waals surface area contributed by atoms with Crippen molar-refractivity contribution in [2.45, 2.75) is 59.2 Å². The lowest BCUT2D eigenvalue weighted by atomic mass is 10.0. The van der Waals surface area contributed by atoms with Crippen molar-refractivity contribution >= 4 is 21.6 Å². The molecule has 0 saturated carbocycles. The smallest absolute Gasteiger partial charge is 0.243 e. The summed E-state index contributed by atoms with van der Waals surface area (Å²) in [7, 11) is -3.65. The monoisotopic (exact) mass is 457 g/mol. The van der Waals surface area contributed by atoms with Gasteiger partial charge in [-0.3, -0.25) is 14.0 Å². The third-order valence-electron chi connectivity index (χ3n) is 6.10. The molecule has 0 aliphatic carbocycles. The first-order valence-electron chi connectivity index (χ1n) is 11.3. The number of carbonyl (C=O) groups excluding carboxylic acids is 1. The highest BCUT2D eigenvalue weighted by atomic mass is 32.2. The summed E-state index contributed by atoms with van der Waals surface area (Å²) in [5.74, 6) is -0.316. The molecule has 174 valence electrons. The Morgan fingerprint density at radius 1 is 1.06 bits per heavy atom. The van der Waals surface area contributed by atoms with Crippen LogP contribution in [0.5, 0.6) is 0 Å². The van der Waals surface area contributed by atoms with Crippen molar-refractivity contribution < 1.29 is 13.2 Å². The van der Waals surface area contributed by atoms with Gasteiger partial charge in [-0.15, -0.1) is 0 Å². The quantitative estimate of drug-likeness (QED) is 0.655. The summed E-state index contributed by atoms with van der Waals surface area (Å²) >= 11 is 0. The van der Waals surface area contributed by atoms with Crippen LogP contribution in [0.4, 0.5) is 5.69 Å². The Morgan fingerprint density at radius 2 is 1.72 bits per heavy atom. The van der Waals surface area contributed by atoms with E-state index < -0.39 is 16.1 Å². The summed E-state index contributed by atoms with van der Waals surface area (Å²) in [6, 6.07) is 12.9. The molecule has 1 heterocycles. The zero-order chi connectivity index (χ0) is 23.3. The van der Waals surface area contributed by atoms with Crippen molar-refractivity contribution in [1.82, 2.24) is 10.2 Å². The number of aryl methyl sites for hydroxylation is 2. The molecule has 1 atom stereocenters. The lowest BCUT2D eigenvalue weighted by Crippen LogP contribution is -2.48. The number of amides is 1. The number of piperidine rings is 1. The van der Waals surface area contributed by atoms with Gasteiger partial charge in [0, 0.05) is 13.1 Å². The van der Waals surface area contributed by atoms with Crippen molar-refractivity contribution in [3.63, 3.8) is 0 Å². The molecule has 0 bridgehead atoms. The summed E-state index contributed by atoms with van der Waals surface area (Å²) in [5, 5.41) is 2.97. The molecular weight excluding hydrogens is 422 g/mol. The van der Waals surface area contributed by atoms with E-state index in [-0.39, 0.29) is 5.91 Å². The number of nitrogens with zero attached hydrogens (tertiary/aromatic N) is 2. The summed E-state index contributed by atoms with van der Waals surface area (Å²) < 4.78 is 26.5. The largest absolute Gasteiger partial charge is 0.350 e. The molecule has 0 radical (unpaired) electrons. The molecule has 32 heavy (non-hydrogen) atoms. The summed E-state index contributed by atoms with van der Waals surface area (Å²) in [4.78, 5) is 15.5. The average Bonchev–Trinajstić information content (AvgIpc) is 2.75. The third kappa shape index (κ3) is 6.11. The molecule has 0 unspecified atom stereocenters. The zero-order valence-electron chi connectivity index (χ0n) is 19.6. The van der Waals surface area contributed by atoms with Gasteiger partial charge in [-0.1, -0.05) is 42.8 Å². The summed E-state index contributed by atoms with van der Waals surface area (Å²) in [5.41, 5.74) is 4.57. The third-order valence-corrected chi connectivity index (χ3v) is 7.33. The van der Waals surface area contributed by atoms with Gasteiger partial charge in [-0.2, -0.15) is 0 Å². The Balaban J connectivity index is 1.74. The van der Waals surface area contributed by atoms with Crippen molar-refractivity contribution in [1.29, 1.82) is 0 Å². The van der Waals surface area contributed by atoms with Crippen molar-refractivity contribution in [3.05, 3.63) is 64.7 Å². The van der Waals surface area contributed by atoms with Gasteiger partial charge in [0.15, 0.2) is 0 Å². The predicted octanol–water partition coefficient (Wildman–Crippen LogP) is 3.76. The van der Waals surface area contributed by atoms with Gasteiger partial charge in [0.25, 0.3) is 0 Å². The van der Waals surface area contributed by atoms with E-state index in [1.807, 2.05) is 50.2 Å². The van der Waals surface area contributed by atoms with Gasteiger partial charge < -0.3 is 5.32 Å². The summed E-state index contributed by atoms with van der Waals surface area (Å²) in [6.45, 7) is 8.87. The fraction of sp³-hybridized carbons (Fsp3) is 0.480. The molecule has 3 rings (SSSR count). The Hall–Kier alpha value is -2.38. The van der Waals surface area contributed by atoms with Crippen LogP contribution in [0, 0.1) is 13.8 Å². The summed E-state index contributed by atoms with van der Waals surface area (Å²) in [6.07, 6.45) is 4.90. The molecule has 1 aliphatic rings. The molecule has 1 amide bonds. The molecule has 7 heteroatoms. The molecule has 2 aromatic rings. The number of likely N-dealkylation sites (tertiary alicyclic amines) is 1. The number of rotatable bonds is 8. The van der Waals surface area contributed by atoms with Gasteiger partial charge >= 0.3 is 0 Å². The minimum Gasteiger partial charge on any atom is -0.350 e. The second-order valence-corrected chi connectivity index (χ2v) is 10.7. The maximum absolute atomic E-state index is 13.0. The highest BCUT2D eigenvalue weighted by molar-refractivity contribution is 7.92. The van der Waals surface area contributed by atoms with E-state index in [9.17, 15) is 13.2 Å². The van der Waals surface area contributed by atoms with Crippen LogP contribution in [0.3, 0.4) is 0 Å². The number of benzene rings is 2. The topological polar surface area (TPSA) is 69.7 Å². The molecule has 1 N–H and O–H groups in total. The van der Waals surface area contributed by atoms with Crippen LogP contribution in [0.1, 0.15) is 48.4 Å². The van der Waals surface area contributed by atoms with E-state index in [2.05, 4.69) is 16.3 Å². The SMILES string of the molecule is Cc1ccc(C)c(N([C@@H](C)C(=O)NCc2ccccc2CN2CCCCC2)S(C)(=O)=O)c1. The lowest BCUT2D eigenvalue weighted by Gasteiger charge is -2.30. The molecule has 0 aromatic heterocycles. The Morgan fingerprint density at radius 3 is 2.38 bits per heavy atom. The fourth-order valence-corrected chi connectivity index (χ4v) is 5.53. The van der Waals surface area contributed by atoms with Gasteiger partial charge in [0.1, 0.15) is 6.04 Å².